The lowest BCUT2D eigenvalue weighted by atomic mass is 10.1. The summed E-state index contributed by atoms with van der Waals surface area (Å²) in [6.07, 6.45) is 0. The fourth-order valence-corrected chi connectivity index (χ4v) is 2.52. The molecule has 0 spiro atoms. The minimum Gasteiger partial charge on any atom is -0.507 e. The van der Waals surface area contributed by atoms with E-state index in [1.807, 2.05) is 13.0 Å². The second-order valence-electron chi connectivity index (χ2n) is 6.27. The quantitative estimate of drug-likeness (QED) is 0.398. The first-order chi connectivity index (χ1) is 8.04. The molecule has 0 aromatic heterocycles. The topological polar surface area (TPSA) is 20.2 Å². The molecule has 18 heavy (non-hydrogen) atoms. The lowest BCUT2D eigenvalue weighted by Gasteiger charge is -2.31. The van der Waals surface area contributed by atoms with E-state index in [1.165, 1.54) is 0 Å². The molecule has 0 saturated heterocycles. The lowest BCUT2D eigenvalue weighted by molar-refractivity contribution is 0.471. The summed E-state index contributed by atoms with van der Waals surface area (Å²) in [6, 6.07) is 3.82. The van der Waals surface area contributed by atoms with Gasteiger partial charge in [-0.1, -0.05) is 39.8 Å². The van der Waals surface area contributed by atoms with E-state index in [1.54, 1.807) is 6.07 Å². The Bertz CT molecular complexity index is 516. The van der Waals surface area contributed by atoms with Crippen LogP contribution in [-0.2, 0) is 0 Å². The molecule has 0 heterocycles. The molecule has 1 nitrogen and oxygen atoms in total. The standard InChI is InChI=1S/C15H21IOSi/c1-11-9-12(14(16)13(17)10-11)7-8-18(5,6)15(2,3)4/h9-10,17H,1-6H3. The maximum absolute atomic E-state index is 9.81. The molecular weight excluding hydrogens is 351 g/mol. The van der Waals surface area contributed by atoms with Crippen molar-refractivity contribution >= 4 is 30.7 Å². The molecule has 0 unspecified atom stereocenters. The van der Waals surface area contributed by atoms with Crippen LogP contribution in [0.2, 0.25) is 18.1 Å². The summed E-state index contributed by atoms with van der Waals surface area (Å²) in [6.45, 7) is 13.3. The second-order valence-corrected chi connectivity index (χ2v) is 12.3. The van der Waals surface area contributed by atoms with E-state index in [4.69, 9.17) is 0 Å². The van der Waals surface area contributed by atoms with Crippen LogP contribution in [0.15, 0.2) is 12.1 Å². The summed E-state index contributed by atoms with van der Waals surface area (Å²) in [5.41, 5.74) is 5.47. The number of rotatable bonds is 0. The van der Waals surface area contributed by atoms with Gasteiger partial charge in [-0.3, -0.25) is 0 Å². The Kier molecular flexibility index (Phi) is 4.55. The fraction of sp³-hybridized carbons (Fsp3) is 0.467. The third-order valence-corrected chi connectivity index (χ3v) is 9.22. The molecule has 1 N–H and O–H groups in total. The summed E-state index contributed by atoms with van der Waals surface area (Å²) in [5.74, 6) is 3.61. The zero-order valence-corrected chi connectivity index (χ0v) is 15.1. The third-order valence-electron chi connectivity index (χ3n) is 3.58. The highest BCUT2D eigenvalue weighted by Gasteiger charge is 2.33. The predicted octanol–water partition coefficient (Wildman–Crippen LogP) is 4.70. The molecule has 0 atom stereocenters. The van der Waals surface area contributed by atoms with E-state index < -0.39 is 8.07 Å². The van der Waals surface area contributed by atoms with Crippen LogP contribution in [0, 0.1) is 22.0 Å². The molecule has 0 radical (unpaired) electrons. The molecule has 3 heteroatoms. The molecule has 1 rings (SSSR count). The Morgan fingerprint density at radius 3 is 2.28 bits per heavy atom. The number of aromatic hydroxyl groups is 1. The van der Waals surface area contributed by atoms with Gasteiger partial charge in [0.25, 0.3) is 0 Å². The van der Waals surface area contributed by atoms with Gasteiger partial charge in [-0.15, -0.1) is 5.54 Å². The number of phenolic OH excluding ortho intramolecular Hbond substituents is 1. The molecule has 0 aliphatic heterocycles. The zero-order valence-electron chi connectivity index (χ0n) is 12.0. The van der Waals surface area contributed by atoms with E-state index in [0.717, 1.165) is 14.7 Å². The summed E-state index contributed by atoms with van der Waals surface area (Å²) < 4.78 is 0.851. The van der Waals surface area contributed by atoms with E-state index in [0.29, 0.717) is 5.75 Å². The van der Waals surface area contributed by atoms with Gasteiger partial charge in [0.2, 0.25) is 0 Å². The van der Waals surface area contributed by atoms with Gasteiger partial charge >= 0.3 is 0 Å². The molecule has 0 fully saturated rings. The average Bonchev–Trinajstić information content (AvgIpc) is 2.19. The zero-order chi connectivity index (χ0) is 14.1. The summed E-state index contributed by atoms with van der Waals surface area (Å²) in [7, 11) is -1.59. The number of hydrogen-bond donors (Lipinski definition) is 1. The molecule has 0 aliphatic carbocycles. The van der Waals surface area contributed by atoms with Crippen molar-refractivity contribution in [1.29, 1.82) is 0 Å². The number of halogens is 1. The van der Waals surface area contributed by atoms with Gasteiger partial charge in [0, 0.05) is 5.56 Å². The molecular formula is C15H21IOSi. The Morgan fingerprint density at radius 1 is 1.22 bits per heavy atom. The highest BCUT2D eigenvalue weighted by molar-refractivity contribution is 14.1. The molecule has 0 bridgehead atoms. The van der Waals surface area contributed by atoms with Crippen molar-refractivity contribution in [1.82, 2.24) is 0 Å². The summed E-state index contributed by atoms with van der Waals surface area (Å²) >= 11 is 2.16. The number of benzene rings is 1. The lowest BCUT2D eigenvalue weighted by Crippen LogP contribution is -2.35. The van der Waals surface area contributed by atoms with Crippen LogP contribution < -0.4 is 0 Å². The fourth-order valence-electron chi connectivity index (χ4n) is 1.25. The van der Waals surface area contributed by atoms with Crippen molar-refractivity contribution in [2.75, 3.05) is 0 Å². The first-order valence-electron chi connectivity index (χ1n) is 6.07. The maximum atomic E-state index is 9.81. The number of aryl methyl sites for hydroxylation is 1. The highest BCUT2D eigenvalue weighted by atomic mass is 127. The maximum Gasteiger partial charge on any atom is 0.138 e. The molecule has 98 valence electrons. The van der Waals surface area contributed by atoms with E-state index in [-0.39, 0.29) is 5.04 Å². The Balaban J connectivity index is 3.22. The van der Waals surface area contributed by atoms with Crippen LogP contribution in [0.5, 0.6) is 5.75 Å². The minimum absolute atomic E-state index is 0.261. The number of phenols is 1. The van der Waals surface area contributed by atoms with Gasteiger partial charge in [0.05, 0.1) is 3.57 Å². The van der Waals surface area contributed by atoms with Crippen molar-refractivity contribution < 1.29 is 5.11 Å². The largest absolute Gasteiger partial charge is 0.507 e. The molecule has 0 saturated carbocycles. The smallest absolute Gasteiger partial charge is 0.138 e. The Labute approximate surface area is 125 Å². The van der Waals surface area contributed by atoms with Gasteiger partial charge in [0.15, 0.2) is 0 Å². The summed E-state index contributed by atoms with van der Waals surface area (Å²) in [5, 5.41) is 10.1. The molecule has 1 aromatic rings. The van der Waals surface area contributed by atoms with E-state index >= 15 is 0 Å². The molecule has 0 amide bonds. The molecule has 1 aromatic carbocycles. The van der Waals surface area contributed by atoms with Gasteiger partial charge in [-0.2, -0.15) is 0 Å². The van der Waals surface area contributed by atoms with Crippen molar-refractivity contribution in [2.24, 2.45) is 0 Å². The van der Waals surface area contributed by atoms with Gasteiger partial charge in [0.1, 0.15) is 13.8 Å². The normalized spacial score (nSPS) is 11.9. The monoisotopic (exact) mass is 372 g/mol. The Morgan fingerprint density at radius 2 is 1.78 bits per heavy atom. The van der Waals surface area contributed by atoms with Crippen LogP contribution in [0.3, 0.4) is 0 Å². The molecule has 0 aliphatic rings. The van der Waals surface area contributed by atoms with Crippen molar-refractivity contribution in [3.63, 3.8) is 0 Å². The Hall–Kier alpha value is -0.473. The second kappa shape index (κ2) is 5.26. The SMILES string of the molecule is Cc1cc(O)c(I)c(C#C[Si](C)(C)C(C)(C)C)c1. The third kappa shape index (κ3) is 3.52. The first-order valence-corrected chi connectivity index (χ1v) is 10.1. The predicted molar refractivity (Wildman–Crippen MR) is 89.6 cm³/mol. The van der Waals surface area contributed by atoms with Crippen LogP contribution in [0.4, 0.5) is 0 Å². The van der Waals surface area contributed by atoms with Crippen molar-refractivity contribution in [3.8, 4) is 17.2 Å². The van der Waals surface area contributed by atoms with Crippen LogP contribution in [0.25, 0.3) is 0 Å². The number of hydrogen-bond acceptors (Lipinski definition) is 1. The van der Waals surface area contributed by atoms with E-state index in [2.05, 4.69) is 67.9 Å². The van der Waals surface area contributed by atoms with Crippen molar-refractivity contribution in [3.05, 3.63) is 26.8 Å². The summed E-state index contributed by atoms with van der Waals surface area (Å²) in [4.78, 5) is 0. The van der Waals surface area contributed by atoms with Crippen LogP contribution >= 0.6 is 22.6 Å². The van der Waals surface area contributed by atoms with Crippen LogP contribution in [0.1, 0.15) is 31.9 Å². The highest BCUT2D eigenvalue weighted by Crippen LogP contribution is 2.35. The van der Waals surface area contributed by atoms with Gasteiger partial charge < -0.3 is 5.11 Å². The van der Waals surface area contributed by atoms with Crippen molar-refractivity contribution in [2.45, 2.75) is 45.8 Å². The van der Waals surface area contributed by atoms with Gasteiger partial charge in [-0.25, -0.2) is 0 Å². The van der Waals surface area contributed by atoms with Crippen LogP contribution in [-0.4, -0.2) is 13.2 Å². The first kappa shape index (κ1) is 15.6. The average molecular weight is 372 g/mol. The van der Waals surface area contributed by atoms with Gasteiger partial charge in [-0.05, 0) is 52.2 Å². The minimum atomic E-state index is -1.59. The van der Waals surface area contributed by atoms with E-state index in [9.17, 15) is 5.11 Å².